The first-order chi connectivity index (χ1) is 10.0. The molecular weight excluding hydrogens is 391 g/mol. The number of rotatable bonds is 3. The van der Waals surface area contributed by atoms with Crippen LogP contribution in [-0.2, 0) is 0 Å². The summed E-state index contributed by atoms with van der Waals surface area (Å²) < 4.78 is 1.14. The van der Waals surface area contributed by atoms with E-state index < -0.39 is 0 Å². The third-order valence-corrected chi connectivity index (χ3v) is 5.65. The summed E-state index contributed by atoms with van der Waals surface area (Å²) in [5.74, 6) is 0. The first-order valence-corrected chi connectivity index (χ1v) is 9.18. The summed E-state index contributed by atoms with van der Waals surface area (Å²) >= 11 is 7.09. The molecule has 1 N–H and O–H groups in total. The van der Waals surface area contributed by atoms with E-state index in [1.807, 2.05) is 24.3 Å². The second-order valence-electron chi connectivity index (χ2n) is 5.94. The molecule has 0 aromatic heterocycles. The number of fused-ring (bicyclic) bond motifs is 2. The van der Waals surface area contributed by atoms with Crippen molar-refractivity contribution in [2.24, 2.45) is 5.41 Å². The van der Waals surface area contributed by atoms with Gasteiger partial charge in [-0.15, -0.1) is 0 Å². The Kier molecular flexibility index (Phi) is 6.04. The normalized spacial score (nSPS) is 34.0. The van der Waals surface area contributed by atoms with Gasteiger partial charge in [-0.3, -0.25) is 0 Å². The van der Waals surface area contributed by atoms with Crippen molar-refractivity contribution < 1.29 is 5.11 Å². The maximum absolute atomic E-state index is 10.0. The molecule has 4 heteroatoms. The van der Waals surface area contributed by atoms with E-state index in [4.69, 9.17) is 7.49 Å². The zero-order valence-corrected chi connectivity index (χ0v) is 15.5. The van der Waals surface area contributed by atoms with E-state index in [1.54, 1.807) is 0 Å². The average Bonchev–Trinajstić information content (AvgIpc) is 2.49. The van der Waals surface area contributed by atoms with Gasteiger partial charge in [0.15, 0.2) is 0 Å². The van der Waals surface area contributed by atoms with Crippen LogP contribution in [0.5, 0.6) is 0 Å². The van der Waals surface area contributed by atoms with Crippen molar-refractivity contribution >= 4 is 44.8 Å². The van der Waals surface area contributed by atoms with Gasteiger partial charge in [-0.25, -0.2) is 0 Å². The SMILES string of the molecule is [B]=C1C=C/C(Br)=C2/CCCC(C)(C2)/C(CO)=C1/C=C\CBr. The topological polar surface area (TPSA) is 20.2 Å². The van der Waals surface area contributed by atoms with Crippen LogP contribution < -0.4 is 0 Å². The van der Waals surface area contributed by atoms with Crippen LogP contribution in [0.1, 0.15) is 32.6 Å². The number of alkyl halides is 1. The molecule has 1 atom stereocenters. The van der Waals surface area contributed by atoms with Gasteiger partial charge in [-0.2, -0.15) is 0 Å². The molecule has 1 saturated carbocycles. The predicted molar refractivity (Wildman–Crippen MR) is 99.5 cm³/mol. The molecule has 0 spiro atoms. The van der Waals surface area contributed by atoms with Gasteiger partial charge >= 0.3 is 145 Å². The van der Waals surface area contributed by atoms with Gasteiger partial charge in [0.2, 0.25) is 0 Å². The van der Waals surface area contributed by atoms with Gasteiger partial charge in [-0.1, -0.05) is 0 Å². The molecule has 2 aliphatic rings. The number of hydrogen-bond donors (Lipinski definition) is 1. The molecule has 0 aromatic carbocycles. The standard InChI is InChI=1S/C17H20BBr2O/c1-17-8-2-4-12(10-17)16(20)7-6-15(18)13(5-3-9-19)14(17)11-21/h3,5-7,21H,2,4,8-11H2,1H3/b5-3-,7-6?,14-13-,16-12+. The summed E-state index contributed by atoms with van der Waals surface area (Å²) in [6.45, 7) is 2.30. The summed E-state index contributed by atoms with van der Waals surface area (Å²) in [5, 5.41) is 10.8. The molecule has 0 aromatic rings. The quantitative estimate of drug-likeness (QED) is 0.541. The summed E-state index contributed by atoms with van der Waals surface area (Å²) in [6, 6.07) is 0. The van der Waals surface area contributed by atoms with E-state index in [-0.39, 0.29) is 12.0 Å². The van der Waals surface area contributed by atoms with Crippen LogP contribution in [0.4, 0.5) is 0 Å². The number of hydrogen-bond acceptors (Lipinski definition) is 1. The Bertz CT molecular complexity index is 557. The summed E-state index contributed by atoms with van der Waals surface area (Å²) in [4.78, 5) is 0. The van der Waals surface area contributed by atoms with Crippen LogP contribution in [-0.4, -0.2) is 30.0 Å². The third-order valence-electron chi connectivity index (χ3n) is 4.45. The first kappa shape index (κ1) is 17.2. The van der Waals surface area contributed by atoms with Crippen LogP contribution in [0.15, 0.2) is 45.5 Å². The van der Waals surface area contributed by atoms with Gasteiger partial charge in [0.25, 0.3) is 0 Å². The van der Waals surface area contributed by atoms with Crippen LogP contribution in [0.3, 0.4) is 0 Å². The zero-order valence-electron chi connectivity index (χ0n) is 12.3. The van der Waals surface area contributed by atoms with Crippen LogP contribution in [0.25, 0.3) is 0 Å². The van der Waals surface area contributed by atoms with Crippen molar-refractivity contribution in [3.8, 4) is 0 Å². The Balaban J connectivity index is 2.62. The predicted octanol–water partition coefficient (Wildman–Crippen LogP) is 4.37. The Labute approximate surface area is 145 Å². The molecule has 2 bridgehead atoms. The number of allylic oxidation sites excluding steroid dienone is 7. The van der Waals surface area contributed by atoms with Crippen LogP contribution in [0.2, 0.25) is 0 Å². The molecule has 111 valence electrons. The number of aliphatic hydroxyl groups excluding tert-OH is 1. The van der Waals surface area contributed by atoms with Gasteiger partial charge in [0.1, 0.15) is 0 Å². The number of halogens is 2. The molecule has 1 nitrogen and oxygen atoms in total. The van der Waals surface area contributed by atoms with E-state index in [0.29, 0.717) is 5.46 Å². The second-order valence-corrected chi connectivity index (χ2v) is 7.44. The Morgan fingerprint density at radius 1 is 1.43 bits per heavy atom. The van der Waals surface area contributed by atoms with E-state index in [0.717, 1.165) is 46.6 Å². The molecule has 21 heavy (non-hydrogen) atoms. The Morgan fingerprint density at radius 3 is 2.86 bits per heavy atom. The molecule has 1 radical (unpaired) electrons. The molecule has 0 heterocycles. The zero-order chi connectivity index (χ0) is 15.5. The van der Waals surface area contributed by atoms with Crippen LogP contribution in [0, 0.1) is 5.41 Å². The first-order valence-electron chi connectivity index (χ1n) is 7.27. The fourth-order valence-electron chi connectivity index (χ4n) is 3.31. The fraction of sp³-hybridized carbons (Fsp3) is 0.471. The molecule has 0 amide bonds. The van der Waals surface area contributed by atoms with Gasteiger partial charge < -0.3 is 0 Å². The second kappa shape index (κ2) is 7.39. The van der Waals surface area contributed by atoms with E-state index >= 15 is 0 Å². The summed E-state index contributed by atoms with van der Waals surface area (Å²) in [5.41, 5.74) is 4.14. The van der Waals surface area contributed by atoms with Gasteiger partial charge in [0, 0.05) is 0 Å². The van der Waals surface area contributed by atoms with E-state index in [1.165, 1.54) is 5.57 Å². The molecule has 2 rings (SSSR count). The van der Waals surface area contributed by atoms with Crippen molar-refractivity contribution in [3.05, 3.63) is 45.5 Å². The number of aliphatic hydroxyl groups is 1. The van der Waals surface area contributed by atoms with Crippen molar-refractivity contribution in [2.75, 3.05) is 11.9 Å². The Morgan fingerprint density at radius 2 is 2.19 bits per heavy atom. The fourth-order valence-corrected chi connectivity index (χ4v) is 3.96. The summed E-state index contributed by atoms with van der Waals surface area (Å²) in [7, 11) is 6.28. The van der Waals surface area contributed by atoms with Crippen LogP contribution >= 0.6 is 31.9 Å². The van der Waals surface area contributed by atoms with Crippen molar-refractivity contribution in [3.63, 3.8) is 0 Å². The van der Waals surface area contributed by atoms with Crippen molar-refractivity contribution in [1.82, 2.24) is 0 Å². The molecular formula is C17H20BBr2O. The molecule has 0 saturated heterocycles. The molecule has 1 fully saturated rings. The van der Waals surface area contributed by atoms with Crippen molar-refractivity contribution in [2.45, 2.75) is 32.6 Å². The minimum absolute atomic E-state index is 0.0238. The maximum atomic E-state index is 10.0. The molecule has 0 aliphatic heterocycles. The van der Waals surface area contributed by atoms with E-state index in [9.17, 15) is 5.11 Å². The molecule has 2 aliphatic carbocycles. The van der Waals surface area contributed by atoms with Gasteiger partial charge in [-0.05, 0) is 0 Å². The Hall–Kier alpha value is -0.185. The molecule has 1 unspecified atom stereocenters. The summed E-state index contributed by atoms with van der Waals surface area (Å²) in [6.07, 6.45) is 12.4. The average molecular weight is 411 g/mol. The monoisotopic (exact) mass is 409 g/mol. The minimum atomic E-state index is -0.0238. The van der Waals surface area contributed by atoms with E-state index in [2.05, 4.69) is 38.8 Å². The third kappa shape index (κ3) is 3.78. The van der Waals surface area contributed by atoms with Gasteiger partial charge in [0.05, 0.1) is 0 Å². The van der Waals surface area contributed by atoms with Crippen molar-refractivity contribution in [1.29, 1.82) is 0 Å².